The Morgan fingerprint density at radius 1 is 1.26 bits per heavy atom. The molecule has 1 aromatic carbocycles. The molecule has 4 heteroatoms. The van der Waals surface area contributed by atoms with Crippen molar-refractivity contribution in [3.05, 3.63) is 51.9 Å². The van der Waals surface area contributed by atoms with Crippen LogP contribution >= 0.6 is 15.9 Å². The van der Waals surface area contributed by atoms with Crippen LogP contribution in [0.1, 0.15) is 36.8 Å². The second kappa shape index (κ2) is 4.39. The first-order chi connectivity index (χ1) is 8.94. The van der Waals surface area contributed by atoms with Crippen molar-refractivity contribution in [1.82, 2.24) is 0 Å². The van der Waals surface area contributed by atoms with Crippen LogP contribution in [-0.2, 0) is 6.42 Å². The standard InChI is InChI=1S/C15H15BrO3/c1-15(2)8-10-7-9(3-4-11(10)19-15)14(17)12-5-6-13(16)18-12/h3-7,14,17H,8H2,1-2H3. The second-order valence-electron chi connectivity index (χ2n) is 5.45. The van der Waals surface area contributed by atoms with E-state index in [1.54, 1.807) is 12.1 Å². The van der Waals surface area contributed by atoms with E-state index < -0.39 is 6.10 Å². The topological polar surface area (TPSA) is 42.6 Å². The van der Waals surface area contributed by atoms with E-state index in [0.717, 1.165) is 23.3 Å². The number of hydrogen-bond donors (Lipinski definition) is 1. The number of hydrogen-bond acceptors (Lipinski definition) is 3. The molecule has 3 rings (SSSR count). The van der Waals surface area contributed by atoms with Crippen molar-refractivity contribution < 1.29 is 14.3 Å². The lowest BCUT2D eigenvalue weighted by Gasteiger charge is -2.16. The van der Waals surface area contributed by atoms with Gasteiger partial charge in [-0.05, 0) is 65.2 Å². The van der Waals surface area contributed by atoms with Crippen molar-refractivity contribution in [2.75, 3.05) is 0 Å². The predicted molar refractivity (Wildman–Crippen MR) is 75.3 cm³/mol. The molecule has 0 fully saturated rings. The molecule has 2 aromatic rings. The Labute approximate surface area is 120 Å². The predicted octanol–water partition coefficient (Wildman–Crippen LogP) is 3.84. The molecule has 1 aliphatic heterocycles. The number of aliphatic hydroxyl groups is 1. The molecule has 1 unspecified atom stereocenters. The molecule has 2 heterocycles. The Kier molecular flexibility index (Phi) is 2.95. The molecule has 19 heavy (non-hydrogen) atoms. The van der Waals surface area contributed by atoms with Gasteiger partial charge in [0.05, 0.1) is 0 Å². The molecule has 100 valence electrons. The zero-order valence-electron chi connectivity index (χ0n) is 10.8. The fraction of sp³-hybridized carbons (Fsp3) is 0.333. The highest BCUT2D eigenvalue weighted by molar-refractivity contribution is 9.10. The average molecular weight is 323 g/mol. The first-order valence-corrected chi connectivity index (χ1v) is 6.99. The van der Waals surface area contributed by atoms with Crippen LogP contribution in [-0.4, -0.2) is 10.7 Å². The first-order valence-electron chi connectivity index (χ1n) is 6.20. The van der Waals surface area contributed by atoms with Crippen molar-refractivity contribution in [3.8, 4) is 5.75 Å². The van der Waals surface area contributed by atoms with E-state index in [-0.39, 0.29) is 5.60 Å². The Balaban J connectivity index is 1.92. The number of halogens is 1. The first kappa shape index (κ1) is 12.8. The summed E-state index contributed by atoms with van der Waals surface area (Å²) in [6, 6.07) is 9.33. The number of rotatable bonds is 2. The lowest BCUT2D eigenvalue weighted by Crippen LogP contribution is -2.24. The summed E-state index contributed by atoms with van der Waals surface area (Å²) in [5.74, 6) is 1.44. The van der Waals surface area contributed by atoms with Crippen LogP contribution in [0, 0.1) is 0 Å². The molecular weight excluding hydrogens is 308 g/mol. The lowest BCUT2D eigenvalue weighted by atomic mass is 9.98. The van der Waals surface area contributed by atoms with Crippen LogP contribution in [0.15, 0.2) is 39.4 Å². The summed E-state index contributed by atoms with van der Waals surface area (Å²) in [5.41, 5.74) is 1.79. The zero-order chi connectivity index (χ0) is 13.6. The number of aliphatic hydroxyl groups excluding tert-OH is 1. The molecule has 1 atom stereocenters. The largest absolute Gasteiger partial charge is 0.487 e. The number of ether oxygens (including phenoxy) is 1. The zero-order valence-corrected chi connectivity index (χ0v) is 12.4. The van der Waals surface area contributed by atoms with E-state index in [1.807, 2.05) is 18.2 Å². The summed E-state index contributed by atoms with van der Waals surface area (Å²) < 4.78 is 11.8. The summed E-state index contributed by atoms with van der Waals surface area (Å²) >= 11 is 3.24. The summed E-state index contributed by atoms with van der Waals surface area (Å²) in [6.07, 6.45) is 0.102. The molecule has 0 bridgehead atoms. The molecule has 3 nitrogen and oxygen atoms in total. The van der Waals surface area contributed by atoms with Gasteiger partial charge in [-0.1, -0.05) is 6.07 Å². The fourth-order valence-corrected chi connectivity index (χ4v) is 2.76. The molecule has 0 radical (unpaired) electrons. The Morgan fingerprint density at radius 3 is 2.74 bits per heavy atom. The molecule has 0 spiro atoms. The normalized spacial score (nSPS) is 17.9. The smallest absolute Gasteiger partial charge is 0.169 e. The highest BCUT2D eigenvalue weighted by atomic mass is 79.9. The van der Waals surface area contributed by atoms with Gasteiger partial charge in [-0.15, -0.1) is 0 Å². The summed E-state index contributed by atoms with van der Waals surface area (Å²) in [6.45, 7) is 4.12. The third-order valence-corrected chi connectivity index (χ3v) is 3.69. The Bertz CT molecular complexity index is 616. The minimum atomic E-state index is -0.750. The van der Waals surface area contributed by atoms with Crippen molar-refractivity contribution in [2.45, 2.75) is 32.0 Å². The minimum absolute atomic E-state index is 0.167. The highest BCUT2D eigenvalue weighted by Gasteiger charge is 2.30. The minimum Gasteiger partial charge on any atom is -0.487 e. The highest BCUT2D eigenvalue weighted by Crippen LogP contribution is 2.37. The van der Waals surface area contributed by atoms with Gasteiger partial charge in [0.1, 0.15) is 23.2 Å². The molecule has 0 amide bonds. The molecule has 0 saturated carbocycles. The average Bonchev–Trinajstić information content (AvgIpc) is 2.88. The van der Waals surface area contributed by atoms with Gasteiger partial charge in [0.2, 0.25) is 0 Å². The Hall–Kier alpha value is -1.26. The van der Waals surface area contributed by atoms with Crippen LogP contribution in [0.2, 0.25) is 0 Å². The van der Waals surface area contributed by atoms with Gasteiger partial charge in [0, 0.05) is 6.42 Å². The van der Waals surface area contributed by atoms with E-state index in [2.05, 4.69) is 29.8 Å². The van der Waals surface area contributed by atoms with Crippen LogP contribution in [0.4, 0.5) is 0 Å². The maximum atomic E-state index is 10.3. The summed E-state index contributed by atoms with van der Waals surface area (Å²) in [5, 5.41) is 10.3. The van der Waals surface area contributed by atoms with Crippen molar-refractivity contribution >= 4 is 15.9 Å². The number of fused-ring (bicyclic) bond motifs is 1. The van der Waals surface area contributed by atoms with Gasteiger partial charge in [0.15, 0.2) is 4.67 Å². The molecular formula is C15H15BrO3. The van der Waals surface area contributed by atoms with Gasteiger partial charge in [0.25, 0.3) is 0 Å². The van der Waals surface area contributed by atoms with Crippen LogP contribution in [0.25, 0.3) is 0 Å². The van der Waals surface area contributed by atoms with E-state index in [1.165, 1.54) is 0 Å². The van der Waals surface area contributed by atoms with E-state index in [0.29, 0.717) is 10.4 Å². The quantitative estimate of drug-likeness (QED) is 0.913. The van der Waals surface area contributed by atoms with Gasteiger partial charge < -0.3 is 14.3 Å². The summed E-state index contributed by atoms with van der Waals surface area (Å²) in [7, 11) is 0. The molecule has 0 saturated heterocycles. The Morgan fingerprint density at radius 2 is 2.05 bits per heavy atom. The van der Waals surface area contributed by atoms with Gasteiger partial charge in [-0.2, -0.15) is 0 Å². The lowest BCUT2D eigenvalue weighted by molar-refractivity contribution is 0.138. The van der Waals surface area contributed by atoms with Gasteiger partial charge in [-0.3, -0.25) is 0 Å². The van der Waals surface area contributed by atoms with E-state index >= 15 is 0 Å². The molecule has 1 N–H and O–H groups in total. The molecule has 1 aliphatic rings. The number of furan rings is 1. The monoisotopic (exact) mass is 322 g/mol. The maximum absolute atomic E-state index is 10.3. The fourth-order valence-electron chi connectivity index (χ4n) is 2.44. The van der Waals surface area contributed by atoms with Crippen molar-refractivity contribution in [3.63, 3.8) is 0 Å². The van der Waals surface area contributed by atoms with Crippen molar-refractivity contribution in [2.24, 2.45) is 0 Å². The van der Waals surface area contributed by atoms with Crippen molar-refractivity contribution in [1.29, 1.82) is 0 Å². The third-order valence-electron chi connectivity index (χ3n) is 3.27. The van der Waals surface area contributed by atoms with Gasteiger partial charge in [-0.25, -0.2) is 0 Å². The summed E-state index contributed by atoms with van der Waals surface area (Å²) in [4.78, 5) is 0. The number of benzene rings is 1. The van der Waals surface area contributed by atoms with Crippen LogP contribution in [0.3, 0.4) is 0 Å². The van der Waals surface area contributed by atoms with E-state index in [9.17, 15) is 5.11 Å². The molecule has 1 aromatic heterocycles. The molecule has 0 aliphatic carbocycles. The van der Waals surface area contributed by atoms with Crippen LogP contribution in [0.5, 0.6) is 5.75 Å². The third kappa shape index (κ3) is 2.42. The SMILES string of the molecule is CC1(C)Cc2cc(C(O)c3ccc(Br)o3)ccc2O1. The van der Waals surface area contributed by atoms with Gasteiger partial charge >= 0.3 is 0 Å². The maximum Gasteiger partial charge on any atom is 0.169 e. The second-order valence-corrected chi connectivity index (χ2v) is 6.23. The van der Waals surface area contributed by atoms with Crippen LogP contribution < -0.4 is 4.74 Å². The van der Waals surface area contributed by atoms with E-state index in [4.69, 9.17) is 9.15 Å².